The molecule has 1 aromatic heterocycles. The fourth-order valence-electron chi connectivity index (χ4n) is 5.31. The van der Waals surface area contributed by atoms with Gasteiger partial charge in [0, 0.05) is 62.1 Å². The molecule has 2 heterocycles. The molecule has 0 unspecified atom stereocenters. The summed E-state index contributed by atoms with van der Waals surface area (Å²) in [5, 5.41) is 16.5. The highest BCUT2D eigenvalue weighted by Gasteiger charge is 2.21. The van der Waals surface area contributed by atoms with E-state index in [4.69, 9.17) is 20.1 Å². The molecule has 0 spiro atoms. The molecular formula is C34H38FN8O3+. The molecule has 5 N–H and O–H groups in total. The molecule has 12 heteroatoms. The Kier molecular flexibility index (Phi) is 9.69. The molecule has 238 valence electrons. The summed E-state index contributed by atoms with van der Waals surface area (Å²) in [6.07, 6.45) is 0. The lowest BCUT2D eigenvalue weighted by Crippen LogP contribution is -2.77. The van der Waals surface area contributed by atoms with Crippen LogP contribution in [-0.2, 0) is 4.74 Å². The number of nitrogens with zero attached hydrogens (tertiary/aromatic N) is 4. The molecule has 0 aliphatic carbocycles. The Balaban J connectivity index is 1.45. The summed E-state index contributed by atoms with van der Waals surface area (Å²) in [4.78, 5) is 38.0. The molecule has 0 radical (unpaired) electrons. The van der Waals surface area contributed by atoms with Crippen LogP contribution < -0.4 is 20.9 Å². The number of rotatable bonds is 8. The average Bonchev–Trinajstić information content (AvgIpc) is 3.04. The van der Waals surface area contributed by atoms with Gasteiger partial charge in [0.05, 0.1) is 36.9 Å². The van der Waals surface area contributed by atoms with Crippen LogP contribution in [0.3, 0.4) is 0 Å². The molecule has 4 aromatic rings. The van der Waals surface area contributed by atoms with Gasteiger partial charge in [-0.2, -0.15) is 0 Å². The van der Waals surface area contributed by atoms with E-state index in [-0.39, 0.29) is 23.0 Å². The highest BCUT2D eigenvalue weighted by Crippen LogP contribution is 2.32. The van der Waals surface area contributed by atoms with Gasteiger partial charge in [-0.1, -0.05) is 6.07 Å². The van der Waals surface area contributed by atoms with E-state index in [9.17, 15) is 9.59 Å². The van der Waals surface area contributed by atoms with Crippen LogP contribution in [0.25, 0.3) is 27.9 Å². The summed E-state index contributed by atoms with van der Waals surface area (Å²) in [5.74, 6) is 0.154. The molecule has 1 aliphatic rings. The summed E-state index contributed by atoms with van der Waals surface area (Å²) < 4.78 is 21.2. The lowest BCUT2D eigenvalue weighted by Gasteiger charge is -2.29. The first-order valence-electron chi connectivity index (χ1n) is 15.0. The van der Waals surface area contributed by atoms with Crippen molar-refractivity contribution in [3.63, 3.8) is 0 Å². The number of ether oxygens (including phenoxy) is 1. The van der Waals surface area contributed by atoms with E-state index in [0.29, 0.717) is 54.6 Å². The van der Waals surface area contributed by atoms with Crippen LogP contribution in [0.5, 0.6) is 0 Å². The first kappa shape index (κ1) is 32.2. The number of fused-ring (bicyclic) bond motifs is 1. The number of benzene rings is 3. The Hall–Kier alpha value is -5.20. The molecule has 46 heavy (non-hydrogen) atoms. The highest BCUT2D eigenvalue weighted by atomic mass is 19.1. The largest absolute Gasteiger partial charge is 0.378 e. The van der Waals surface area contributed by atoms with Gasteiger partial charge in [-0.3, -0.25) is 4.79 Å². The predicted molar refractivity (Wildman–Crippen MR) is 179 cm³/mol. The normalized spacial score (nSPS) is 13.7. The predicted octanol–water partition coefficient (Wildman–Crippen LogP) is 4.58. The molecule has 5 rings (SSSR count). The third-order valence-electron chi connectivity index (χ3n) is 7.74. The summed E-state index contributed by atoms with van der Waals surface area (Å²) in [7, 11) is 5.27. The lowest BCUT2D eigenvalue weighted by atomic mass is 9.98. The number of carbonyl (C=O) groups excluding carboxylic acids is 2. The number of aromatic nitrogens is 2. The van der Waals surface area contributed by atoms with Gasteiger partial charge in [-0.25, -0.2) is 19.2 Å². The molecule has 1 aliphatic heterocycles. The number of amides is 3. The molecule has 11 nitrogen and oxygen atoms in total. The van der Waals surface area contributed by atoms with Crippen molar-refractivity contribution < 1.29 is 24.0 Å². The van der Waals surface area contributed by atoms with Gasteiger partial charge < -0.3 is 35.9 Å². The monoisotopic (exact) mass is 625 g/mol. The highest BCUT2D eigenvalue weighted by molar-refractivity contribution is 6.22. The van der Waals surface area contributed by atoms with Gasteiger partial charge in [0.15, 0.2) is 5.82 Å². The standard InChI is InChI=1S/C34H37FN8O3/c1-20(36)30(21(2)37-3)23-8-12-27-29(18-23)40-31(41-32(27)43-14-16-46-17-15-43)26-13-11-25(19-28(26)35)39-34(45)38-24-9-6-22(7-10-24)33(44)42(4)5/h6-13,18-19,36-37H,14-17H2,1-5H3,(H2,38,39,45)/p+1/b30-21+,36-20?. The summed E-state index contributed by atoms with van der Waals surface area (Å²) in [6.45, 7) is 6.11. The van der Waals surface area contributed by atoms with Crippen LogP contribution in [0.15, 0.2) is 66.4 Å². The second-order valence-electron chi connectivity index (χ2n) is 11.2. The number of morpholine rings is 1. The molecule has 0 atom stereocenters. The van der Waals surface area contributed by atoms with Crippen molar-refractivity contribution in [2.24, 2.45) is 0 Å². The Bertz CT molecular complexity index is 1830. The van der Waals surface area contributed by atoms with Crippen molar-refractivity contribution in [2.75, 3.05) is 63.0 Å². The van der Waals surface area contributed by atoms with E-state index in [1.54, 1.807) is 57.4 Å². The van der Waals surface area contributed by atoms with Crippen molar-refractivity contribution in [1.29, 1.82) is 5.41 Å². The maximum absolute atomic E-state index is 15.7. The molecule has 0 saturated carbocycles. The van der Waals surface area contributed by atoms with Crippen LogP contribution in [0.4, 0.5) is 26.4 Å². The number of hydrogen-bond donors (Lipinski definition) is 4. The Morgan fingerprint density at radius 3 is 2.22 bits per heavy atom. The van der Waals surface area contributed by atoms with Crippen molar-refractivity contribution >= 4 is 51.3 Å². The van der Waals surface area contributed by atoms with Crippen LogP contribution in [0, 0.1) is 11.2 Å². The third-order valence-corrected chi connectivity index (χ3v) is 7.74. The Labute approximate surface area is 267 Å². The van der Waals surface area contributed by atoms with Crippen LogP contribution >= 0.6 is 0 Å². The third kappa shape index (κ3) is 7.03. The summed E-state index contributed by atoms with van der Waals surface area (Å²) in [5.41, 5.74) is 5.11. The second-order valence-corrected chi connectivity index (χ2v) is 11.2. The van der Waals surface area contributed by atoms with Gasteiger partial charge in [0.1, 0.15) is 17.3 Å². The van der Waals surface area contributed by atoms with Gasteiger partial charge in [0.25, 0.3) is 5.91 Å². The van der Waals surface area contributed by atoms with Crippen molar-refractivity contribution in [2.45, 2.75) is 13.8 Å². The van der Waals surface area contributed by atoms with Crippen molar-refractivity contribution in [3.8, 4) is 11.4 Å². The van der Waals surface area contributed by atoms with E-state index in [1.165, 1.54) is 11.0 Å². The second kappa shape index (κ2) is 13.8. The molecule has 3 aromatic carbocycles. The number of halogens is 1. The van der Waals surface area contributed by atoms with Gasteiger partial charge in [0.2, 0.25) is 0 Å². The molecule has 0 bridgehead atoms. The van der Waals surface area contributed by atoms with E-state index >= 15 is 4.39 Å². The lowest BCUT2D eigenvalue weighted by molar-refractivity contribution is -0.574. The SMILES string of the molecule is C[NH2+]/C(C)=C(\C(C)=N)c1ccc2c(N3CCOCC3)nc(-c3ccc(NC(=O)Nc4ccc(C(=O)N(C)C)cc4)cc3F)nc2c1. The van der Waals surface area contributed by atoms with E-state index < -0.39 is 11.8 Å². The minimum absolute atomic E-state index is 0.146. The van der Waals surface area contributed by atoms with Crippen LogP contribution in [0.1, 0.15) is 29.8 Å². The smallest absolute Gasteiger partial charge is 0.323 e. The Morgan fingerprint density at radius 1 is 0.935 bits per heavy atom. The maximum Gasteiger partial charge on any atom is 0.323 e. The minimum atomic E-state index is -0.597. The number of quaternary nitrogens is 1. The van der Waals surface area contributed by atoms with Crippen molar-refractivity contribution in [1.82, 2.24) is 14.9 Å². The number of nitrogens with one attached hydrogen (secondary N) is 3. The molecule has 1 saturated heterocycles. The Morgan fingerprint density at radius 2 is 1.59 bits per heavy atom. The molecule has 3 amide bonds. The fraction of sp³-hybridized carbons (Fsp3) is 0.265. The first-order valence-corrected chi connectivity index (χ1v) is 15.0. The number of hydrogen-bond acceptors (Lipinski definition) is 7. The average molecular weight is 626 g/mol. The van der Waals surface area contributed by atoms with Crippen LogP contribution in [-0.4, -0.2) is 80.0 Å². The number of carbonyl (C=O) groups is 2. The fourth-order valence-corrected chi connectivity index (χ4v) is 5.31. The van der Waals surface area contributed by atoms with E-state index in [1.807, 2.05) is 37.5 Å². The summed E-state index contributed by atoms with van der Waals surface area (Å²) >= 11 is 0. The number of nitrogens with two attached hydrogens (primary N) is 1. The topological polar surface area (TPSA) is 140 Å². The first-order chi connectivity index (χ1) is 22.0. The zero-order valence-corrected chi connectivity index (χ0v) is 26.6. The minimum Gasteiger partial charge on any atom is -0.378 e. The molecule has 1 fully saturated rings. The zero-order chi connectivity index (χ0) is 33.0. The van der Waals surface area contributed by atoms with Crippen LogP contribution in [0.2, 0.25) is 0 Å². The van der Waals surface area contributed by atoms with Crippen molar-refractivity contribution in [3.05, 3.63) is 83.3 Å². The number of anilines is 3. The van der Waals surface area contributed by atoms with Gasteiger partial charge in [-0.15, -0.1) is 0 Å². The van der Waals surface area contributed by atoms with Gasteiger partial charge in [-0.05, 0) is 67.1 Å². The summed E-state index contributed by atoms with van der Waals surface area (Å²) in [6, 6.07) is 16.1. The van der Waals surface area contributed by atoms with E-state index in [0.717, 1.165) is 22.2 Å². The van der Waals surface area contributed by atoms with E-state index in [2.05, 4.69) is 15.5 Å². The zero-order valence-electron chi connectivity index (χ0n) is 26.6. The quantitative estimate of drug-likeness (QED) is 0.211. The maximum atomic E-state index is 15.7. The van der Waals surface area contributed by atoms with Gasteiger partial charge >= 0.3 is 6.03 Å². The number of allylic oxidation sites excluding steroid dienone is 2. The number of urea groups is 1. The molecular weight excluding hydrogens is 587 g/mol.